The Kier molecular flexibility index (Phi) is 25.2. The van der Waals surface area contributed by atoms with Crippen molar-refractivity contribution in [3.63, 3.8) is 0 Å². The van der Waals surface area contributed by atoms with Gasteiger partial charge in [0.1, 0.15) is 24.6 Å². The SMILES string of the molecule is C.CCN(C(=O)Cn1nc(-c2cccc(F)c2)c2[nH]ccc2c1=O)c1ccc2c(c1)OC(F)(F)O2.CCN(C(=O)Cn1nc(Cl)c2c(ccn2-c2ccccc2)c1=O)c1ccc2c(c1)OC(F)(F)O2.O=S=O.O=S=O.O=c1[nH]nc(Cl)c2c1ccn2-c1ccccc1.[2H]CS.[H-].[Li+]. The Labute approximate surface area is 571 Å². The Morgan fingerprint density at radius 3 is 1.57 bits per heavy atom. The number of nitrogens with zero attached hydrogens (tertiary/aromatic N) is 9. The van der Waals surface area contributed by atoms with E-state index in [0.717, 1.165) is 20.7 Å². The van der Waals surface area contributed by atoms with E-state index in [-0.39, 0.29) is 97.0 Å². The van der Waals surface area contributed by atoms with E-state index in [2.05, 4.69) is 57.0 Å². The third kappa shape index (κ3) is 17.0. The van der Waals surface area contributed by atoms with Crippen molar-refractivity contribution >= 4 is 115 Å². The van der Waals surface area contributed by atoms with Crippen LogP contribution in [-0.4, -0.2) is 104 Å². The van der Waals surface area contributed by atoms with E-state index >= 15 is 0 Å². The second-order valence-corrected chi connectivity index (χ2v) is 19.7. The van der Waals surface area contributed by atoms with Crippen LogP contribution in [0.15, 0.2) is 173 Å². The molecule has 8 heterocycles. The number of thiol groups is 1. The number of carbonyl (C=O) groups is 2. The summed E-state index contributed by atoms with van der Waals surface area (Å²) in [6.07, 6.45) is -2.27. The molecule has 5 aromatic carbocycles. The second-order valence-electron chi connectivity index (χ2n) is 18.8. The molecule has 2 aliphatic rings. The molecule has 0 unspecified atom stereocenters. The number of alkyl halides is 4. The van der Waals surface area contributed by atoms with Gasteiger partial charge in [0.2, 0.25) is 11.8 Å². The molecule has 13 rings (SSSR count). The Hall–Kier alpha value is -9.68. The van der Waals surface area contributed by atoms with Gasteiger partial charge in [0.05, 0.1) is 32.7 Å². The maximum Gasteiger partial charge on any atom is 1.00 e. The minimum absolute atomic E-state index is 0. The first-order valence-corrected chi connectivity index (χ1v) is 29.4. The van der Waals surface area contributed by atoms with Gasteiger partial charge in [0, 0.05) is 73.5 Å². The van der Waals surface area contributed by atoms with Gasteiger partial charge in [0.15, 0.2) is 33.3 Å². The summed E-state index contributed by atoms with van der Waals surface area (Å²) in [6, 6.07) is 37.6. The van der Waals surface area contributed by atoms with Crippen LogP contribution >= 0.6 is 35.8 Å². The molecule has 0 atom stereocenters. The molecule has 2 aliphatic heterocycles. The predicted molar refractivity (Wildman–Crippen MR) is 345 cm³/mol. The van der Waals surface area contributed by atoms with Gasteiger partial charge in [0.25, 0.3) is 16.7 Å². The number of amides is 2. The average molecular weight is 1400 g/mol. The van der Waals surface area contributed by atoms with Gasteiger partial charge in [-0.2, -0.15) is 44.8 Å². The predicted octanol–water partition coefficient (Wildman–Crippen LogP) is 7.45. The van der Waals surface area contributed by atoms with Gasteiger partial charge in [-0.05, 0) is 98.9 Å². The number of fused-ring (bicyclic) bond motifs is 5. The number of likely N-dealkylation sites (N-methyl/N-ethyl adjacent to an activating group) is 2. The van der Waals surface area contributed by atoms with Crippen LogP contribution in [0, 0.1) is 5.82 Å². The third-order valence-electron chi connectivity index (χ3n) is 13.4. The molecule has 0 radical (unpaired) electrons. The van der Waals surface area contributed by atoms with Crippen molar-refractivity contribution in [2.75, 3.05) is 29.1 Å². The van der Waals surface area contributed by atoms with Crippen LogP contribution < -0.4 is 64.3 Å². The van der Waals surface area contributed by atoms with Crippen LogP contribution in [0.1, 0.15) is 24.1 Å². The van der Waals surface area contributed by atoms with Crippen molar-refractivity contribution in [1.82, 2.24) is 43.9 Å². The van der Waals surface area contributed by atoms with Gasteiger partial charge in [-0.15, -0.1) is 17.6 Å². The maximum atomic E-state index is 13.8. The van der Waals surface area contributed by atoms with E-state index in [1.165, 1.54) is 64.4 Å². The molecule has 2 amide bonds. The molecule has 0 spiro atoms. The van der Waals surface area contributed by atoms with Gasteiger partial charge in [-0.1, -0.05) is 79.2 Å². The minimum atomic E-state index is -3.78. The first-order chi connectivity index (χ1) is 45.0. The van der Waals surface area contributed by atoms with Gasteiger partial charge >= 0.3 is 54.6 Å². The van der Waals surface area contributed by atoms with E-state index < -0.39 is 77.6 Å². The molecule has 95 heavy (non-hydrogen) atoms. The number of nitrogens with one attached hydrogen (secondary N) is 2. The number of aromatic amines is 2. The van der Waals surface area contributed by atoms with Crippen molar-refractivity contribution in [2.24, 2.45) is 0 Å². The number of halogens is 7. The third-order valence-corrected chi connectivity index (χ3v) is 13.9. The van der Waals surface area contributed by atoms with E-state index in [1.807, 2.05) is 71.4 Å². The van der Waals surface area contributed by atoms with Crippen LogP contribution in [0.25, 0.3) is 55.3 Å². The van der Waals surface area contributed by atoms with Crippen LogP contribution in [0.3, 0.4) is 0 Å². The Morgan fingerprint density at radius 2 is 1.08 bits per heavy atom. The van der Waals surface area contributed by atoms with Crippen LogP contribution in [-0.2, 0) is 45.8 Å². The van der Waals surface area contributed by atoms with Gasteiger partial charge < -0.3 is 44.3 Å². The molecule has 0 aliphatic carbocycles. The van der Waals surface area contributed by atoms with Crippen molar-refractivity contribution in [3.05, 3.63) is 205 Å². The van der Waals surface area contributed by atoms with Crippen LogP contribution in [0.4, 0.5) is 33.3 Å². The fourth-order valence-corrected chi connectivity index (χ4v) is 10.1. The fraction of sp³-hybridized carbons (Fsp3) is 0.167. The summed E-state index contributed by atoms with van der Waals surface area (Å²) in [5.41, 5.74) is 3.33. The zero-order chi connectivity index (χ0) is 68.0. The summed E-state index contributed by atoms with van der Waals surface area (Å²) in [5.74, 6) is -2.13. The van der Waals surface area contributed by atoms with E-state index in [9.17, 15) is 45.9 Å². The van der Waals surface area contributed by atoms with Crippen molar-refractivity contribution in [1.29, 1.82) is 0 Å². The number of rotatable bonds is 11. The van der Waals surface area contributed by atoms with Gasteiger partial charge in [-0.25, -0.2) is 18.9 Å². The maximum absolute atomic E-state index is 13.8. The molecule has 6 aromatic heterocycles. The first kappa shape index (κ1) is 72.7. The number of ether oxygens (including phenoxy) is 4. The fourth-order valence-electron chi connectivity index (χ4n) is 9.59. The number of para-hydroxylation sites is 2. The number of anilines is 2. The number of hydrogen-bond donors (Lipinski definition) is 3. The molecule has 11 aromatic rings. The molecule has 0 fully saturated rings. The van der Waals surface area contributed by atoms with Crippen LogP contribution in [0.2, 0.25) is 10.3 Å². The summed E-state index contributed by atoms with van der Waals surface area (Å²) in [7, 11) is 0. The monoisotopic (exact) mass is 1400 g/mol. The van der Waals surface area contributed by atoms with E-state index in [1.54, 1.807) is 55.1 Å². The van der Waals surface area contributed by atoms with Gasteiger partial charge in [-0.3, -0.25) is 24.0 Å². The number of H-pyrrole nitrogens is 2. The molecule has 2 N–H and O–H groups in total. The Balaban J connectivity index is 0.000000254. The van der Waals surface area contributed by atoms with Crippen molar-refractivity contribution in [2.45, 2.75) is 47.0 Å². The number of benzene rings is 5. The van der Waals surface area contributed by atoms with Crippen LogP contribution in [0.5, 0.6) is 23.0 Å². The largest absolute Gasteiger partial charge is 1.00 e. The standard InChI is InChI=1S/C23H17ClF2N4O4.C23H17F3N4O4.C12H8ClN3O.CH4S.CH4.Li.2O2S.H/c1-2-28(15-8-9-17-18(12-15)34-23(25,26)33-17)19(31)13-30-22(32)16-10-11-29(20(16)21(24)27-30)14-6-4-3-5-7-14;1-2-29(15-6-7-17-18(11-15)34-23(25,26)33-17)19(31)12-30-22(32)16-8-9-27-21(16)20(28-30)13-4-3-5-14(24)10-13;13-11-10-9(12(17)15-14-11)6-7-16(10)8-4-2-1-3-5-8;1-2;;;2*1-3-2;/h3-12H,2,13H2,1H3;3-11,27H,2,12H2,1H3;1-7H,(H,15,17);2H,1H3;1H4;;;;/q;;;;;+1;;;-1/i;;;1D;;;;;. The summed E-state index contributed by atoms with van der Waals surface area (Å²) in [4.78, 5) is 69.4. The summed E-state index contributed by atoms with van der Waals surface area (Å²) in [6.45, 7) is 2.98. The van der Waals surface area contributed by atoms with E-state index in [4.69, 9.17) is 41.4 Å². The normalized spacial score (nSPS) is 12.3. The summed E-state index contributed by atoms with van der Waals surface area (Å²) in [5, 5.41) is 16.1. The molecular formula is C60H51Cl2F5LiN11O13S3. The number of aromatic nitrogens is 9. The molecule has 0 saturated carbocycles. The molecule has 35 heteroatoms. The zero-order valence-electron chi connectivity index (χ0n) is 50.8. The summed E-state index contributed by atoms with van der Waals surface area (Å²) < 4.78 is 130. The Bertz CT molecular complexity index is 4850. The molecule has 492 valence electrons. The Morgan fingerprint density at radius 1 is 0.632 bits per heavy atom. The molecule has 0 saturated heterocycles. The number of hydrogen-bond acceptors (Lipinski definition) is 17. The topological polar surface area (TPSA) is 287 Å². The molecular weight excluding hydrogens is 1350 g/mol. The number of carbonyl (C=O) groups excluding carboxylic acids is 2. The molecule has 24 nitrogen and oxygen atoms in total. The second kappa shape index (κ2) is 32.9. The van der Waals surface area contributed by atoms with E-state index in [0.29, 0.717) is 44.3 Å². The molecule has 0 bridgehead atoms. The summed E-state index contributed by atoms with van der Waals surface area (Å²) >= 11 is 14.4. The zero-order valence-corrected chi connectivity index (χ0v) is 52.8. The average Bonchev–Trinajstić information content (AvgIpc) is 1.69. The minimum Gasteiger partial charge on any atom is -1.00 e. The smallest absolute Gasteiger partial charge is 1.00 e. The quantitative estimate of drug-likeness (QED) is 0.0644. The van der Waals surface area contributed by atoms with Crippen molar-refractivity contribution < 1.29 is 89.0 Å². The van der Waals surface area contributed by atoms with Crippen molar-refractivity contribution in [3.8, 4) is 45.6 Å². The first-order valence-electron chi connectivity index (χ1n) is 27.4.